The number of ether oxygens (including phenoxy) is 1. The Labute approximate surface area is 212 Å². The molecule has 0 atom stereocenters. The second kappa shape index (κ2) is 9.95. The Hall–Kier alpha value is -3.23. The predicted octanol–water partition coefficient (Wildman–Crippen LogP) is 5.08. The average Bonchev–Trinajstić information content (AvgIpc) is 3.09. The van der Waals surface area contributed by atoms with Gasteiger partial charge in [-0.3, -0.25) is 19.8 Å². The molecule has 8 heteroatoms. The molecule has 1 aliphatic heterocycles. The summed E-state index contributed by atoms with van der Waals surface area (Å²) in [6.07, 6.45) is 1.64. The van der Waals surface area contributed by atoms with Gasteiger partial charge in [-0.25, -0.2) is 0 Å². The topological polar surface area (TPSA) is 63.6 Å². The molecule has 2 amide bonds. The lowest BCUT2D eigenvalue weighted by Gasteiger charge is -2.27. The van der Waals surface area contributed by atoms with Crippen LogP contribution >= 0.6 is 28.1 Å². The summed E-state index contributed by atoms with van der Waals surface area (Å²) in [5.74, 6) is -0.0818. The van der Waals surface area contributed by atoms with Crippen LogP contribution in [0.4, 0.5) is 0 Å². The van der Waals surface area contributed by atoms with E-state index in [0.29, 0.717) is 13.2 Å². The van der Waals surface area contributed by atoms with Gasteiger partial charge in [-0.05, 0) is 92.7 Å². The van der Waals surface area contributed by atoms with Crippen LogP contribution < -0.4 is 10.1 Å². The fraction of sp³-hybridized carbons (Fsp3) is 0.192. The summed E-state index contributed by atoms with van der Waals surface area (Å²) in [6.45, 7) is 6.65. The maximum atomic E-state index is 12.8. The number of aromatic nitrogens is 1. The van der Waals surface area contributed by atoms with Crippen LogP contribution in [-0.2, 0) is 16.2 Å². The number of rotatable bonds is 6. The molecule has 0 radical (unpaired) electrons. The van der Waals surface area contributed by atoms with E-state index >= 15 is 0 Å². The third-order valence-electron chi connectivity index (χ3n) is 5.69. The van der Waals surface area contributed by atoms with Gasteiger partial charge in [-0.15, -0.1) is 0 Å². The minimum Gasteiger partial charge on any atom is -0.489 e. The average molecular weight is 538 g/mol. The second-order valence-corrected chi connectivity index (χ2v) is 9.24. The number of hydrogen-bond donors (Lipinski definition) is 1. The van der Waals surface area contributed by atoms with E-state index < -0.39 is 5.91 Å². The number of benzene rings is 2. The largest absolute Gasteiger partial charge is 0.489 e. The fourth-order valence-electron chi connectivity index (χ4n) is 3.91. The quantitative estimate of drug-likeness (QED) is 0.270. The van der Waals surface area contributed by atoms with Gasteiger partial charge in [0, 0.05) is 28.1 Å². The van der Waals surface area contributed by atoms with E-state index in [-0.39, 0.29) is 16.6 Å². The Morgan fingerprint density at radius 3 is 2.38 bits per heavy atom. The zero-order chi connectivity index (χ0) is 24.4. The van der Waals surface area contributed by atoms with E-state index in [9.17, 15) is 9.59 Å². The smallest absolute Gasteiger partial charge is 0.265 e. The van der Waals surface area contributed by atoms with Crippen LogP contribution in [0.2, 0.25) is 0 Å². The molecule has 0 bridgehead atoms. The maximum absolute atomic E-state index is 12.8. The van der Waals surface area contributed by atoms with E-state index in [0.717, 1.165) is 38.4 Å². The summed E-state index contributed by atoms with van der Waals surface area (Å²) in [5, 5.41) is 2.73. The number of hydrogen-bond acceptors (Lipinski definition) is 4. The second-order valence-electron chi connectivity index (χ2n) is 7.94. The molecule has 174 valence electrons. The number of likely N-dealkylation sites (N-methyl/N-ethyl adjacent to an activating group) is 1. The Kier molecular flexibility index (Phi) is 7.00. The number of halogens is 1. The molecule has 0 aliphatic carbocycles. The van der Waals surface area contributed by atoms with Crippen molar-refractivity contribution in [2.24, 2.45) is 0 Å². The molecule has 1 saturated heterocycles. The molecule has 34 heavy (non-hydrogen) atoms. The van der Waals surface area contributed by atoms with Gasteiger partial charge in [0.1, 0.15) is 17.9 Å². The van der Waals surface area contributed by atoms with Crippen LogP contribution in [0.15, 0.2) is 64.6 Å². The lowest BCUT2D eigenvalue weighted by Crippen LogP contribution is -2.53. The van der Waals surface area contributed by atoms with Gasteiger partial charge in [-0.1, -0.05) is 28.1 Å². The van der Waals surface area contributed by atoms with E-state index in [1.54, 1.807) is 6.08 Å². The zero-order valence-electron chi connectivity index (χ0n) is 19.1. The van der Waals surface area contributed by atoms with Crippen molar-refractivity contribution in [3.8, 4) is 11.4 Å². The lowest BCUT2D eigenvalue weighted by molar-refractivity contribution is -0.128. The number of aryl methyl sites for hydroxylation is 1. The van der Waals surface area contributed by atoms with Gasteiger partial charge < -0.3 is 9.30 Å². The molecule has 6 nitrogen and oxygen atoms in total. The van der Waals surface area contributed by atoms with Gasteiger partial charge in [0.2, 0.25) is 0 Å². The summed E-state index contributed by atoms with van der Waals surface area (Å²) in [7, 11) is 0. The third kappa shape index (κ3) is 4.83. The minimum absolute atomic E-state index is 0.0763. The van der Waals surface area contributed by atoms with Crippen molar-refractivity contribution < 1.29 is 14.3 Å². The van der Waals surface area contributed by atoms with Crippen molar-refractivity contribution in [1.29, 1.82) is 0 Å². The molecule has 0 unspecified atom stereocenters. The molecule has 2 heterocycles. The molecule has 1 fully saturated rings. The van der Waals surface area contributed by atoms with Crippen molar-refractivity contribution >= 4 is 51.2 Å². The van der Waals surface area contributed by atoms with Crippen molar-refractivity contribution in [1.82, 2.24) is 14.8 Å². The normalized spacial score (nSPS) is 15.1. The molecule has 2 aromatic carbocycles. The van der Waals surface area contributed by atoms with Crippen LogP contribution in [0.25, 0.3) is 11.8 Å². The molecular formula is C26H24BrN3O3S. The number of thiocarbonyl (C=S) groups is 1. The van der Waals surface area contributed by atoms with Crippen molar-refractivity contribution in [2.75, 3.05) is 6.54 Å². The first-order valence-corrected chi connectivity index (χ1v) is 12.0. The van der Waals surface area contributed by atoms with E-state index in [2.05, 4.69) is 25.8 Å². The third-order valence-corrected chi connectivity index (χ3v) is 6.54. The predicted molar refractivity (Wildman–Crippen MR) is 140 cm³/mol. The first-order chi connectivity index (χ1) is 16.3. The van der Waals surface area contributed by atoms with Gasteiger partial charge in [0.15, 0.2) is 5.11 Å². The standard InChI is InChI=1S/C26H24BrN3O3S/c1-4-29-25(32)23(24(31)28-26(29)34)14-19-13-16(2)30(17(19)3)21-9-11-22(12-10-21)33-15-18-5-7-20(27)8-6-18/h5-14H,4,15H2,1-3H3,(H,28,31,34)/b23-14+. The molecule has 1 aromatic heterocycles. The first-order valence-electron chi connectivity index (χ1n) is 10.8. The molecule has 0 saturated carbocycles. The molecule has 1 N–H and O–H groups in total. The summed E-state index contributed by atoms with van der Waals surface area (Å²) >= 11 is 8.54. The molecule has 3 aromatic rings. The van der Waals surface area contributed by atoms with Crippen molar-refractivity contribution in [3.63, 3.8) is 0 Å². The highest BCUT2D eigenvalue weighted by Crippen LogP contribution is 2.26. The van der Waals surface area contributed by atoms with Gasteiger partial charge in [0.25, 0.3) is 11.8 Å². The van der Waals surface area contributed by atoms with Crippen LogP contribution in [0.1, 0.15) is 29.4 Å². The van der Waals surface area contributed by atoms with Crippen LogP contribution in [0.3, 0.4) is 0 Å². The van der Waals surface area contributed by atoms with Crippen LogP contribution in [-0.4, -0.2) is 32.9 Å². The monoisotopic (exact) mass is 537 g/mol. The van der Waals surface area contributed by atoms with Crippen LogP contribution in [0, 0.1) is 13.8 Å². The Balaban J connectivity index is 1.56. The number of amides is 2. The highest BCUT2D eigenvalue weighted by Gasteiger charge is 2.32. The Morgan fingerprint density at radius 2 is 1.74 bits per heavy atom. The molecule has 4 rings (SSSR count). The summed E-state index contributed by atoms with van der Waals surface area (Å²) in [5.41, 5.74) is 4.84. The summed E-state index contributed by atoms with van der Waals surface area (Å²) < 4.78 is 9.03. The van der Waals surface area contributed by atoms with E-state index in [1.807, 2.05) is 75.4 Å². The molecule has 0 spiro atoms. The first kappa shape index (κ1) is 23.9. The van der Waals surface area contributed by atoms with Crippen LogP contribution in [0.5, 0.6) is 5.75 Å². The fourth-order valence-corrected chi connectivity index (χ4v) is 4.48. The molecule has 1 aliphatic rings. The molecular weight excluding hydrogens is 514 g/mol. The van der Waals surface area contributed by atoms with Gasteiger partial charge in [0.05, 0.1) is 0 Å². The van der Waals surface area contributed by atoms with E-state index in [1.165, 1.54) is 4.90 Å². The van der Waals surface area contributed by atoms with Crippen molar-refractivity contribution in [3.05, 3.63) is 87.2 Å². The number of carbonyl (C=O) groups is 2. The summed E-state index contributed by atoms with van der Waals surface area (Å²) in [6, 6.07) is 17.8. The summed E-state index contributed by atoms with van der Waals surface area (Å²) in [4.78, 5) is 26.6. The zero-order valence-corrected chi connectivity index (χ0v) is 21.5. The number of nitrogens with zero attached hydrogens (tertiary/aromatic N) is 2. The SMILES string of the molecule is CCN1C(=O)/C(=C/c2cc(C)n(-c3ccc(OCc4ccc(Br)cc4)cc3)c2C)C(=O)NC1=S. The highest BCUT2D eigenvalue weighted by atomic mass is 79.9. The van der Waals surface area contributed by atoms with Crippen molar-refractivity contribution in [2.45, 2.75) is 27.4 Å². The van der Waals surface area contributed by atoms with E-state index in [4.69, 9.17) is 17.0 Å². The number of nitrogens with one attached hydrogen (secondary N) is 1. The Bertz CT molecular complexity index is 1290. The highest BCUT2D eigenvalue weighted by molar-refractivity contribution is 9.10. The van der Waals surface area contributed by atoms with Gasteiger partial charge >= 0.3 is 0 Å². The maximum Gasteiger partial charge on any atom is 0.265 e. The lowest BCUT2D eigenvalue weighted by atomic mass is 10.1. The Morgan fingerprint density at radius 1 is 1.06 bits per heavy atom. The minimum atomic E-state index is -0.475. The van der Waals surface area contributed by atoms with Gasteiger partial charge in [-0.2, -0.15) is 0 Å². The number of carbonyl (C=O) groups excluding carboxylic acids is 2.